The molecule has 4 rings (SSSR count). The Morgan fingerprint density at radius 1 is 1.23 bits per heavy atom. The van der Waals surface area contributed by atoms with Crippen molar-refractivity contribution in [1.29, 1.82) is 5.26 Å². The Kier molecular flexibility index (Phi) is 6.68. The van der Waals surface area contributed by atoms with Crippen molar-refractivity contribution in [2.24, 2.45) is 0 Å². The first-order valence-electron chi connectivity index (χ1n) is 9.49. The zero-order valence-electron chi connectivity index (χ0n) is 17.0. The van der Waals surface area contributed by atoms with E-state index in [0.717, 1.165) is 20.7 Å². The predicted octanol–water partition coefficient (Wildman–Crippen LogP) is 3.44. The van der Waals surface area contributed by atoms with Gasteiger partial charge in [-0.15, -0.1) is 34.4 Å². The van der Waals surface area contributed by atoms with Gasteiger partial charge in [0.2, 0.25) is 0 Å². The minimum atomic E-state index is -0.125. The number of nitrogens with zero attached hydrogens (tertiary/aromatic N) is 3. The normalized spacial score (nSPS) is 12.9. The molecule has 0 aliphatic rings. The number of fused-ring (bicyclic) bond motifs is 1. The molecule has 2 aromatic heterocycles. The molecule has 0 aliphatic carbocycles. The highest BCUT2D eigenvalue weighted by molar-refractivity contribution is 7.98. The van der Waals surface area contributed by atoms with E-state index in [1.807, 2.05) is 60.9 Å². The molecule has 0 fully saturated rings. The van der Waals surface area contributed by atoms with Gasteiger partial charge >= 0.3 is 0 Å². The van der Waals surface area contributed by atoms with Gasteiger partial charge in [-0.05, 0) is 42.2 Å². The molecule has 8 heteroatoms. The smallest absolute Gasteiger partial charge is 0.269 e. The molecule has 0 atom stereocenters. The lowest BCUT2D eigenvalue weighted by atomic mass is 10.2. The molecule has 0 unspecified atom stereocenters. The Hall–Kier alpha value is -2.70. The summed E-state index contributed by atoms with van der Waals surface area (Å²) in [6.45, 7) is 0.751. The number of benzene rings is 2. The van der Waals surface area contributed by atoms with E-state index in [0.29, 0.717) is 32.9 Å². The van der Waals surface area contributed by atoms with E-state index in [1.165, 1.54) is 22.7 Å². The maximum atomic E-state index is 13.2. The van der Waals surface area contributed by atoms with Gasteiger partial charge in [0.05, 0.1) is 27.9 Å². The Morgan fingerprint density at radius 2 is 2.00 bits per heavy atom. The molecule has 156 valence electrons. The van der Waals surface area contributed by atoms with Gasteiger partial charge in [-0.1, -0.05) is 24.3 Å². The van der Waals surface area contributed by atoms with Gasteiger partial charge in [0.25, 0.3) is 5.56 Å². The summed E-state index contributed by atoms with van der Waals surface area (Å²) in [5.74, 6) is 0. The van der Waals surface area contributed by atoms with Crippen molar-refractivity contribution in [3.05, 3.63) is 78.7 Å². The van der Waals surface area contributed by atoms with Crippen LogP contribution in [0.2, 0.25) is 0 Å². The minimum absolute atomic E-state index is 0.125. The fraction of sp³-hybridized carbons (Fsp3) is 0.174. The lowest BCUT2D eigenvalue weighted by Crippen LogP contribution is -2.33. The zero-order valence-corrected chi connectivity index (χ0v) is 19.4. The SMILES string of the molecule is COCCn1c(=O)/c(=C\c2ccc(SC)cc2)s/c1=C(\C#N)c1nc2ccccc2s1. The predicted molar refractivity (Wildman–Crippen MR) is 129 cm³/mol. The molecular formula is C23H19N3O2S3. The van der Waals surface area contributed by atoms with Crippen molar-refractivity contribution in [2.45, 2.75) is 11.4 Å². The van der Waals surface area contributed by atoms with Crippen molar-refractivity contribution in [3.63, 3.8) is 0 Å². The number of aromatic nitrogens is 2. The fourth-order valence-corrected chi connectivity index (χ4v) is 5.67. The molecule has 2 heterocycles. The number of thioether (sulfide) groups is 1. The van der Waals surface area contributed by atoms with Crippen LogP contribution in [0.25, 0.3) is 21.9 Å². The molecule has 2 aromatic carbocycles. The average molecular weight is 466 g/mol. The lowest BCUT2D eigenvalue weighted by Gasteiger charge is -2.01. The van der Waals surface area contributed by atoms with Crippen LogP contribution in [0.3, 0.4) is 0 Å². The number of hydrogen-bond donors (Lipinski definition) is 0. The van der Waals surface area contributed by atoms with Crippen LogP contribution in [0.5, 0.6) is 0 Å². The standard InChI is InChI=1S/C23H19N3O2S3/c1-28-12-11-26-22(27)20(13-15-7-9-16(29-2)10-8-15)31-23(26)17(14-24)21-25-18-5-3-4-6-19(18)30-21/h3-10,13H,11-12H2,1-2H3/b20-13+,23-17+. The number of thiazole rings is 2. The summed E-state index contributed by atoms with van der Waals surface area (Å²) in [6, 6.07) is 18.1. The van der Waals surface area contributed by atoms with E-state index in [4.69, 9.17) is 4.74 Å². The molecule has 0 saturated heterocycles. The van der Waals surface area contributed by atoms with Crippen LogP contribution < -0.4 is 14.8 Å². The number of nitriles is 1. The first kappa shape index (κ1) is 21.5. The van der Waals surface area contributed by atoms with Crippen molar-refractivity contribution in [2.75, 3.05) is 20.0 Å². The second kappa shape index (κ2) is 9.62. The molecule has 0 radical (unpaired) electrons. The third kappa shape index (κ3) is 4.50. The van der Waals surface area contributed by atoms with Crippen LogP contribution in [-0.2, 0) is 11.3 Å². The van der Waals surface area contributed by atoms with Crippen LogP contribution in [0, 0.1) is 11.3 Å². The van der Waals surface area contributed by atoms with E-state index < -0.39 is 0 Å². The Balaban J connectivity index is 1.94. The summed E-state index contributed by atoms with van der Waals surface area (Å²) in [4.78, 5) is 19.0. The highest BCUT2D eigenvalue weighted by atomic mass is 32.2. The molecule has 0 amide bonds. The van der Waals surface area contributed by atoms with E-state index >= 15 is 0 Å². The molecule has 31 heavy (non-hydrogen) atoms. The molecule has 0 aliphatic heterocycles. The van der Waals surface area contributed by atoms with E-state index in [9.17, 15) is 10.1 Å². The van der Waals surface area contributed by atoms with E-state index in [2.05, 4.69) is 11.1 Å². The second-order valence-corrected chi connectivity index (χ2v) is 9.55. The summed E-state index contributed by atoms with van der Waals surface area (Å²) in [5.41, 5.74) is 2.08. The molecule has 0 bridgehead atoms. The highest BCUT2D eigenvalue weighted by Gasteiger charge is 2.15. The summed E-state index contributed by atoms with van der Waals surface area (Å²) in [5, 5.41) is 10.6. The average Bonchev–Trinajstić information content (AvgIpc) is 3.35. The number of para-hydroxylation sites is 1. The largest absolute Gasteiger partial charge is 0.383 e. The monoisotopic (exact) mass is 465 g/mol. The highest BCUT2D eigenvalue weighted by Crippen LogP contribution is 2.25. The van der Waals surface area contributed by atoms with Gasteiger partial charge in [0, 0.05) is 12.0 Å². The topological polar surface area (TPSA) is 67.9 Å². The van der Waals surface area contributed by atoms with Gasteiger partial charge < -0.3 is 4.74 Å². The summed E-state index contributed by atoms with van der Waals surface area (Å²) in [6.07, 6.45) is 3.90. The van der Waals surface area contributed by atoms with Gasteiger partial charge in [0.15, 0.2) is 0 Å². The summed E-state index contributed by atoms with van der Waals surface area (Å²) < 4.78 is 9.02. The molecule has 0 spiro atoms. The van der Waals surface area contributed by atoms with E-state index in [-0.39, 0.29) is 5.56 Å². The van der Waals surface area contributed by atoms with Crippen LogP contribution in [0.15, 0.2) is 58.2 Å². The maximum absolute atomic E-state index is 13.2. The number of hydrogen-bond acceptors (Lipinski definition) is 7. The first-order valence-corrected chi connectivity index (χ1v) is 12.3. The Labute approximate surface area is 191 Å². The van der Waals surface area contributed by atoms with Crippen LogP contribution in [0.4, 0.5) is 0 Å². The van der Waals surface area contributed by atoms with Gasteiger partial charge in [-0.25, -0.2) is 4.98 Å². The van der Waals surface area contributed by atoms with Gasteiger partial charge in [0.1, 0.15) is 21.3 Å². The zero-order chi connectivity index (χ0) is 21.8. The fourth-order valence-electron chi connectivity index (χ4n) is 3.11. The summed E-state index contributed by atoms with van der Waals surface area (Å²) >= 11 is 4.45. The van der Waals surface area contributed by atoms with Gasteiger partial charge in [-0.3, -0.25) is 9.36 Å². The molecule has 4 aromatic rings. The van der Waals surface area contributed by atoms with Crippen LogP contribution in [-0.4, -0.2) is 29.5 Å². The second-order valence-electron chi connectivity index (χ2n) is 6.61. The third-order valence-electron chi connectivity index (χ3n) is 4.67. The van der Waals surface area contributed by atoms with Crippen molar-refractivity contribution in [3.8, 4) is 6.07 Å². The number of methoxy groups -OCH3 is 1. The molecule has 0 N–H and O–H groups in total. The van der Waals surface area contributed by atoms with Crippen molar-refractivity contribution in [1.82, 2.24) is 9.55 Å². The van der Waals surface area contributed by atoms with Crippen molar-refractivity contribution < 1.29 is 4.74 Å². The lowest BCUT2D eigenvalue weighted by molar-refractivity contribution is 0.186. The quantitative estimate of drug-likeness (QED) is 0.408. The van der Waals surface area contributed by atoms with Crippen LogP contribution >= 0.6 is 34.4 Å². The maximum Gasteiger partial charge on any atom is 0.269 e. The van der Waals surface area contributed by atoms with Crippen molar-refractivity contribution >= 4 is 56.3 Å². The van der Waals surface area contributed by atoms with Gasteiger partial charge in [-0.2, -0.15) is 5.26 Å². The Morgan fingerprint density at radius 3 is 2.68 bits per heavy atom. The van der Waals surface area contributed by atoms with Crippen LogP contribution in [0.1, 0.15) is 10.6 Å². The molecule has 5 nitrogen and oxygen atoms in total. The third-order valence-corrected chi connectivity index (χ3v) is 7.60. The summed E-state index contributed by atoms with van der Waals surface area (Å²) in [7, 11) is 1.60. The molecule has 0 saturated carbocycles. The first-order chi connectivity index (χ1) is 15.1. The number of rotatable bonds is 6. The molecular weight excluding hydrogens is 446 g/mol. The number of ether oxygens (including phenoxy) is 1. The van der Waals surface area contributed by atoms with E-state index in [1.54, 1.807) is 23.4 Å². The Bertz CT molecular complexity index is 1410. The minimum Gasteiger partial charge on any atom is -0.383 e.